The quantitative estimate of drug-likeness (QED) is 0.735. The van der Waals surface area contributed by atoms with Crippen molar-refractivity contribution in [1.82, 2.24) is 5.32 Å². The van der Waals surface area contributed by atoms with Gasteiger partial charge in [0.2, 0.25) is 0 Å². The molecule has 0 bridgehead atoms. The standard InChI is InChI=1S/C12H25NO/c1-4-10(3)14-12-9-7-6-8-11(12)13-5-2/h10-13H,4-9H2,1-3H3. The molecule has 2 nitrogen and oxygen atoms in total. The highest BCUT2D eigenvalue weighted by Gasteiger charge is 2.25. The van der Waals surface area contributed by atoms with Crippen molar-refractivity contribution in [3.63, 3.8) is 0 Å². The Balaban J connectivity index is 2.37. The van der Waals surface area contributed by atoms with Crippen LogP contribution in [0.3, 0.4) is 0 Å². The zero-order valence-electron chi connectivity index (χ0n) is 9.88. The molecule has 2 heteroatoms. The lowest BCUT2D eigenvalue weighted by Crippen LogP contribution is -2.44. The number of likely N-dealkylation sites (N-methyl/N-ethyl adjacent to an activating group) is 1. The molecule has 0 amide bonds. The summed E-state index contributed by atoms with van der Waals surface area (Å²) >= 11 is 0. The topological polar surface area (TPSA) is 21.3 Å². The maximum atomic E-state index is 6.04. The van der Waals surface area contributed by atoms with Crippen molar-refractivity contribution in [3.8, 4) is 0 Å². The van der Waals surface area contributed by atoms with Gasteiger partial charge in [0.25, 0.3) is 0 Å². The minimum Gasteiger partial charge on any atom is -0.374 e. The molecule has 0 heterocycles. The van der Waals surface area contributed by atoms with Gasteiger partial charge >= 0.3 is 0 Å². The van der Waals surface area contributed by atoms with Gasteiger partial charge in [-0.3, -0.25) is 0 Å². The van der Waals surface area contributed by atoms with Gasteiger partial charge in [-0.1, -0.05) is 26.7 Å². The Morgan fingerprint density at radius 1 is 1.29 bits per heavy atom. The third kappa shape index (κ3) is 3.58. The van der Waals surface area contributed by atoms with Crippen LogP contribution >= 0.6 is 0 Å². The summed E-state index contributed by atoms with van der Waals surface area (Å²) in [5, 5.41) is 3.54. The average molecular weight is 199 g/mol. The Morgan fingerprint density at radius 2 is 2.00 bits per heavy atom. The molecule has 1 rings (SSSR count). The van der Waals surface area contributed by atoms with E-state index in [1.807, 2.05) is 0 Å². The monoisotopic (exact) mass is 199 g/mol. The molecule has 0 spiro atoms. The summed E-state index contributed by atoms with van der Waals surface area (Å²) in [6.45, 7) is 7.60. The number of rotatable bonds is 5. The van der Waals surface area contributed by atoms with E-state index in [9.17, 15) is 0 Å². The van der Waals surface area contributed by atoms with Crippen molar-refractivity contribution in [3.05, 3.63) is 0 Å². The number of hydrogen-bond donors (Lipinski definition) is 1. The maximum absolute atomic E-state index is 6.04. The number of ether oxygens (including phenoxy) is 1. The fourth-order valence-electron chi connectivity index (χ4n) is 2.15. The lowest BCUT2D eigenvalue weighted by atomic mass is 9.92. The van der Waals surface area contributed by atoms with E-state index in [4.69, 9.17) is 4.74 Å². The van der Waals surface area contributed by atoms with E-state index in [1.165, 1.54) is 25.7 Å². The summed E-state index contributed by atoms with van der Waals surface area (Å²) in [5.74, 6) is 0. The number of nitrogens with one attached hydrogen (secondary N) is 1. The van der Waals surface area contributed by atoms with E-state index in [0.29, 0.717) is 18.2 Å². The van der Waals surface area contributed by atoms with Crippen molar-refractivity contribution < 1.29 is 4.74 Å². The van der Waals surface area contributed by atoms with Gasteiger partial charge in [0.05, 0.1) is 12.2 Å². The molecule has 1 N–H and O–H groups in total. The van der Waals surface area contributed by atoms with Gasteiger partial charge in [-0.2, -0.15) is 0 Å². The summed E-state index contributed by atoms with van der Waals surface area (Å²) in [7, 11) is 0. The van der Waals surface area contributed by atoms with Crippen molar-refractivity contribution in [2.45, 2.75) is 71.1 Å². The molecule has 0 aromatic heterocycles. The van der Waals surface area contributed by atoms with Crippen LogP contribution in [0.5, 0.6) is 0 Å². The molecule has 1 saturated carbocycles. The first kappa shape index (κ1) is 12.0. The average Bonchev–Trinajstić information content (AvgIpc) is 2.21. The van der Waals surface area contributed by atoms with Crippen LogP contribution in [-0.2, 0) is 4.74 Å². The first-order valence-electron chi connectivity index (χ1n) is 6.16. The molecule has 1 aliphatic carbocycles. The summed E-state index contributed by atoms with van der Waals surface area (Å²) in [6, 6.07) is 0.600. The van der Waals surface area contributed by atoms with Crippen LogP contribution in [0.15, 0.2) is 0 Å². The molecule has 3 unspecified atom stereocenters. The highest BCUT2D eigenvalue weighted by molar-refractivity contribution is 4.81. The molecule has 0 aliphatic heterocycles. The van der Waals surface area contributed by atoms with Gasteiger partial charge in [0.1, 0.15) is 0 Å². The van der Waals surface area contributed by atoms with Gasteiger partial charge < -0.3 is 10.1 Å². The summed E-state index contributed by atoms with van der Waals surface area (Å²) in [5.41, 5.74) is 0. The largest absolute Gasteiger partial charge is 0.374 e. The predicted molar refractivity (Wildman–Crippen MR) is 60.6 cm³/mol. The fourth-order valence-corrected chi connectivity index (χ4v) is 2.15. The van der Waals surface area contributed by atoms with Gasteiger partial charge in [-0.25, -0.2) is 0 Å². The SMILES string of the molecule is CCNC1CCCCC1OC(C)CC. The molecule has 3 atom stereocenters. The summed E-state index contributed by atoms with van der Waals surface area (Å²) < 4.78 is 6.04. The Labute approximate surface area is 88.4 Å². The Hall–Kier alpha value is -0.0800. The number of hydrogen-bond acceptors (Lipinski definition) is 2. The minimum atomic E-state index is 0.416. The molecule has 0 radical (unpaired) electrons. The molecule has 1 fully saturated rings. The van der Waals surface area contributed by atoms with Crippen molar-refractivity contribution >= 4 is 0 Å². The molecule has 1 aliphatic rings. The molecule has 0 saturated heterocycles. The predicted octanol–water partition coefficient (Wildman–Crippen LogP) is 2.72. The zero-order valence-corrected chi connectivity index (χ0v) is 9.88. The second-order valence-electron chi connectivity index (χ2n) is 4.34. The molecule has 0 aromatic rings. The first-order chi connectivity index (χ1) is 6.77. The Morgan fingerprint density at radius 3 is 2.64 bits per heavy atom. The Kier molecular flexibility index (Phi) is 5.49. The molecule has 84 valence electrons. The molecular weight excluding hydrogens is 174 g/mol. The van der Waals surface area contributed by atoms with Crippen LogP contribution in [0.2, 0.25) is 0 Å². The third-order valence-electron chi connectivity index (χ3n) is 3.15. The van der Waals surface area contributed by atoms with E-state index in [0.717, 1.165) is 13.0 Å². The van der Waals surface area contributed by atoms with E-state index >= 15 is 0 Å². The summed E-state index contributed by atoms with van der Waals surface area (Å²) in [6.07, 6.45) is 7.21. The second kappa shape index (κ2) is 6.41. The smallest absolute Gasteiger partial charge is 0.0731 e. The van der Waals surface area contributed by atoms with Crippen molar-refractivity contribution in [2.24, 2.45) is 0 Å². The molecule has 0 aromatic carbocycles. The lowest BCUT2D eigenvalue weighted by Gasteiger charge is -2.33. The highest BCUT2D eigenvalue weighted by Crippen LogP contribution is 2.22. The van der Waals surface area contributed by atoms with Gasteiger partial charge in [0.15, 0.2) is 0 Å². The lowest BCUT2D eigenvalue weighted by molar-refractivity contribution is -0.0395. The van der Waals surface area contributed by atoms with Gasteiger partial charge in [-0.05, 0) is 32.7 Å². The zero-order chi connectivity index (χ0) is 10.4. The van der Waals surface area contributed by atoms with E-state index in [-0.39, 0.29) is 0 Å². The maximum Gasteiger partial charge on any atom is 0.0731 e. The van der Waals surface area contributed by atoms with Gasteiger partial charge in [-0.15, -0.1) is 0 Å². The molecule has 14 heavy (non-hydrogen) atoms. The van der Waals surface area contributed by atoms with Crippen LogP contribution in [0.4, 0.5) is 0 Å². The first-order valence-corrected chi connectivity index (χ1v) is 6.16. The van der Waals surface area contributed by atoms with Crippen LogP contribution in [0.1, 0.15) is 52.9 Å². The second-order valence-corrected chi connectivity index (χ2v) is 4.34. The summed E-state index contributed by atoms with van der Waals surface area (Å²) in [4.78, 5) is 0. The van der Waals surface area contributed by atoms with E-state index in [1.54, 1.807) is 0 Å². The van der Waals surface area contributed by atoms with Gasteiger partial charge in [0, 0.05) is 6.04 Å². The minimum absolute atomic E-state index is 0.416. The van der Waals surface area contributed by atoms with Crippen LogP contribution in [0.25, 0.3) is 0 Å². The van der Waals surface area contributed by atoms with E-state index < -0.39 is 0 Å². The van der Waals surface area contributed by atoms with Crippen molar-refractivity contribution in [2.75, 3.05) is 6.54 Å². The third-order valence-corrected chi connectivity index (χ3v) is 3.15. The Bertz CT molecular complexity index is 147. The van der Waals surface area contributed by atoms with Crippen LogP contribution in [0, 0.1) is 0 Å². The normalized spacial score (nSPS) is 30.2. The fraction of sp³-hybridized carbons (Fsp3) is 1.00. The highest BCUT2D eigenvalue weighted by atomic mass is 16.5. The van der Waals surface area contributed by atoms with Crippen LogP contribution in [-0.4, -0.2) is 24.8 Å². The van der Waals surface area contributed by atoms with Crippen LogP contribution < -0.4 is 5.32 Å². The van der Waals surface area contributed by atoms with Crippen molar-refractivity contribution in [1.29, 1.82) is 0 Å². The molecular formula is C12H25NO. The van der Waals surface area contributed by atoms with E-state index in [2.05, 4.69) is 26.1 Å².